The van der Waals surface area contributed by atoms with Crippen molar-refractivity contribution in [3.63, 3.8) is 0 Å². The molecule has 118 valence electrons. The minimum absolute atomic E-state index is 0.319. The highest BCUT2D eigenvalue weighted by atomic mass is 19.4. The number of carbonyl (C=O) groups excluding carboxylic acids is 1. The van der Waals surface area contributed by atoms with Crippen molar-refractivity contribution in [2.75, 3.05) is 13.1 Å². The molecule has 0 aliphatic carbocycles. The quantitative estimate of drug-likeness (QED) is 0.858. The van der Waals surface area contributed by atoms with Crippen molar-refractivity contribution in [2.24, 2.45) is 0 Å². The van der Waals surface area contributed by atoms with E-state index >= 15 is 0 Å². The van der Waals surface area contributed by atoms with Gasteiger partial charge in [-0.2, -0.15) is 18.4 Å². The van der Waals surface area contributed by atoms with Crippen LogP contribution in [-0.4, -0.2) is 30.1 Å². The fourth-order valence-corrected chi connectivity index (χ4v) is 2.77. The van der Waals surface area contributed by atoms with Crippen molar-refractivity contribution in [3.8, 4) is 6.07 Å². The van der Waals surface area contributed by atoms with Crippen LogP contribution in [0.2, 0.25) is 0 Å². The summed E-state index contributed by atoms with van der Waals surface area (Å²) in [5.41, 5.74) is 0.252. The topological polar surface area (TPSA) is 44.1 Å². The van der Waals surface area contributed by atoms with E-state index in [2.05, 4.69) is 6.07 Å². The second kappa shape index (κ2) is 6.39. The van der Waals surface area contributed by atoms with Gasteiger partial charge in [-0.05, 0) is 18.4 Å². The summed E-state index contributed by atoms with van der Waals surface area (Å²) in [6.07, 6.45) is -5.03. The van der Waals surface area contributed by atoms with Gasteiger partial charge in [0.2, 0.25) is 5.91 Å². The number of nitriles is 1. The first-order valence-electron chi connectivity index (χ1n) is 7.18. The van der Waals surface area contributed by atoms with Gasteiger partial charge in [-0.3, -0.25) is 4.79 Å². The molecule has 0 radical (unpaired) electrons. The molecule has 0 saturated carbocycles. The molecule has 0 atom stereocenters. The molecule has 0 bridgehead atoms. The molecule has 6 heteroatoms. The molecule has 2 rings (SSSR count). The molecular weight excluding hydrogens is 293 g/mol. The van der Waals surface area contributed by atoms with Crippen LogP contribution in [0.3, 0.4) is 0 Å². The Kier molecular flexibility index (Phi) is 4.74. The second-order valence-corrected chi connectivity index (χ2v) is 5.56. The Morgan fingerprint density at radius 3 is 2.32 bits per heavy atom. The van der Waals surface area contributed by atoms with Crippen molar-refractivity contribution < 1.29 is 18.0 Å². The summed E-state index contributed by atoms with van der Waals surface area (Å²) < 4.78 is 36.5. The van der Waals surface area contributed by atoms with Gasteiger partial charge in [-0.25, -0.2) is 0 Å². The van der Waals surface area contributed by atoms with E-state index in [-0.39, 0.29) is 0 Å². The minimum atomic E-state index is -4.31. The van der Waals surface area contributed by atoms with Gasteiger partial charge in [-0.15, -0.1) is 0 Å². The Balaban J connectivity index is 1.97. The molecule has 3 nitrogen and oxygen atoms in total. The summed E-state index contributed by atoms with van der Waals surface area (Å²) in [6, 6.07) is 11.7. The SMILES string of the molecule is N#CC1(c2ccccc2)CCN(C(=O)CCC(F)(F)F)CC1. The van der Waals surface area contributed by atoms with Crippen LogP contribution in [-0.2, 0) is 10.2 Å². The van der Waals surface area contributed by atoms with E-state index in [0.717, 1.165) is 5.56 Å². The number of hydrogen-bond donors (Lipinski definition) is 0. The lowest BCUT2D eigenvalue weighted by Gasteiger charge is -2.37. The van der Waals surface area contributed by atoms with E-state index in [1.807, 2.05) is 30.3 Å². The van der Waals surface area contributed by atoms with E-state index in [0.29, 0.717) is 25.9 Å². The maximum absolute atomic E-state index is 12.2. The zero-order valence-corrected chi connectivity index (χ0v) is 12.1. The predicted molar refractivity (Wildman–Crippen MR) is 74.8 cm³/mol. The highest BCUT2D eigenvalue weighted by Crippen LogP contribution is 2.35. The highest BCUT2D eigenvalue weighted by molar-refractivity contribution is 5.76. The molecule has 0 spiro atoms. The van der Waals surface area contributed by atoms with Gasteiger partial charge in [0, 0.05) is 19.5 Å². The van der Waals surface area contributed by atoms with Crippen LogP contribution in [0.1, 0.15) is 31.2 Å². The third-order valence-electron chi connectivity index (χ3n) is 4.13. The largest absolute Gasteiger partial charge is 0.389 e. The molecular formula is C16H17F3N2O. The number of halogens is 3. The third kappa shape index (κ3) is 3.79. The van der Waals surface area contributed by atoms with Gasteiger partial charge in [0.05, 0.1) is 17.9 Å². The molecule has 1 saturated heterocycles. The van der Waals surface area contributed by atoms with Crippen LogP contribution in [0, 0.1) is 11.3 Å². The van der Waals surface area contributed by atoms with Crippen molar-refractivity contribution in [1.82, 2.24) is 4.90 Å². The Morgan fingerprint density at radius 2 is 1.82 bits per heavy atom. The smallest absolute Gasteiger partial charge is 0.343 e. The van der Waals surface area contributed by atoms with Crippen LogP contribution in [0.25, 0.3) is 0 Å². The standard InChI is InChI=1S/C16H17F3N2O/c17-16(18,19)7-6-14(22)21-10-8-15(12-20,9-11-21)13-4-2-1-3-5-13/h1-5H,6-11H2. The molecule has 1 aromatic carbocycles. The normalized spacial score (nSPS) is 17.8. The van der Waals surface area contributed by atoms with E-state index < -0.39 is 30.3 Å². The number of likely N-dealkylation sites (tertiary alicyclic amines) is 1. The molecule has 0 N–H and O–H groups in total. The van der Waals surface area contributed by atoms with E-state index in [4.69, 9.17) is 0 Å². The average molecular weight is 310 g/mol. The fraction of sp³-hybridized carbons (Fsp3) is 0.500. The monoisotopic (exact) mass is 310 g/mol. The van der Waals surface area contributed by atoms with Gasteiger partial charge in [0.1, 0.15) is 0 Å². The number of hydrogen-bond acceptors (Lipinski definition) is 2. The first kappa shape index (κ1) is 16.3. The zero-order valence-electron chi connectivity index (χ0n) is 12.1. The Labute approximate surface area is 127 Å². The van der Waals surface area contributed by atoms with Gasteiger partial charge >= 0.3 is 6.18 Å². The summed E-state index contributed by atoms with van der Waals surface area (Å²) >= 11 is 0. The lowest BCUT2D eigenvalue weighted by molar-refractivity contribution is -0.149. The maximum atomic E-state index is 12.2. The number of carbonyl (C=O) groups is 1. The molecule has 1 aromatic rings. The fourth-order valence-electron chi connectivity index (χ4n) is 2.77. The summed E-state index contributed by atoms with van der Waals surface area (Å²) in [7, 11) is 0. The second-order valence-electron chi connectivity index (χ2n) is 5.56. The summed E-state index contributed by atoms with van der Waals surface area (Å²) in [4.78, 5) is 13.3. The summed E-state index contributed by atoms with van der Waals surface area (Å²) in [5.74, 6) is -0.489. The van der Waals surface area contributed by atoms with Crippen LogP contribution in [0.4, 0.5) is 13.2 Å². The van der Waals surface area contributed by atoms with Gasteiger partial charge < -0.3 is 4.90 Å². The predicted octanol–water partition coefficient (Wildman–Crippen LogP) is 3.41. The lowest BCUT2D eigenvalue weighted by atomic mass is 9.74. The van der Waals surface area contributed by atoms with Crippen LogP contribution >= 0.6 is 0 Å². The molecule has 1 aliphatic rings. The van der Waals surface area contributed by atoms with E-state index in [1.54, 1.807) is 0 Å². The number of amides is 1. The van der Waals surface area contributed by atoms with Crippen molar-refractivity contribution >= 4 is 5.91 Å². The number of piperidine rings is 1. The van der Waals surface area contributed by atoms with Crippen LogP contribution < -0.4 is 0 Å². The van der Waals surface area contributed by atoms with E-state index in [9.17, 15) is 23.2 Å². The zero-order chi connectivity index (χ0) is 16.2. The first-order chi connectivity index (χ1) is 10.4. The van der Waals surface area contributed by atoms with Crippen LogP contribution in [0.15, 0.2) is 30.3 Å². The van der Waals surface area contributed by atoms with Crippen molar-refractivity contribution in [1.29, 1.82) is 5.26 Å². The summed E-state index contributed by atoms with van der Waals surface area (Å²) in [6.45, 7) is 0.637. The molecule has 0 unspecified atom stereocenters. The van der Waals surface area contributed by atoms with Gasteiger partial charge in [0.15, 0.2) is 0 Å². The number of alkyl halides is 3. The van der Waals surface area contributed by atoms with Gasteiger partial charge in [-0.1, -0.05) is 30.3 Å². The van der Waals surface area contributed by atoms with Crippen molar-refractivity contribution in [3.05, 3.63) is 35.9 Å². The molecule has 22 heavy (non-hydrogen) atoms. The van der Waals surface area contributed by atoms with Crippen molar-refractivity contribution in [2.45, 2.75) is 37.3 Å². The first-order valence-corrected chi connectivity index (χ1v) is 7.18. The number of nitrogens with zero attached hydrogens (tertiary/aromatic N) is 2. The van der Waals surface area contributed by atoms with Gasteiger partial charge in [0.25, 0.3) is 0 Å². The summed E-state index contributed by atoms with van der Waals surface area (Å²) in [5, 5.41) is 9.53. The molecule has 1 fully saturated rings. The average Bonchev–Trinajstić information content (AvgIpc) is 2.53. The van der Waals surface area contributed by atoms with Crippen LogP contribution in [0.5, 0.6) is 0 Å². The molecule has 1 heterocycles. The lowest BCUT2D eigenvalue weighted by Crippen LogP contribution is -2.44. The molecule has 1 amide bonds. The third-order valence-corrected chi connectivity index (χ3v) is 4.13. The Hall–Kier alpha value is -2.03. The highest BCUT2D eigenvalue weighted by Gasteiger charge is 2.38. The Morgan fingerprint density at radius 1 is 1.23 bits per heavy atom. The molecule has 1 aliphatic heterocycles. The Bertz CT molecular complexity index is 555. The minimum Gasteiger partial charge on any atom is -0.343 e. The number of rotatable bonds is 3. The maximum Gasteiger partial charge on any atom is 0.389 e. The number of benzene rings is 1. The van der Waals surface area contributed by atoms with E-state index in [1.165, 1.54) is 4.90 Å². The molecule has 0 aromatic heterocycles.